The van der Waals surface area contributed by atoms with Crippen molar-refractivity contribution in [1.29, 1.82) is 5.26 Å². The Morgan fingerprint density at radius 2 is 2.10 bits per heavy atom. The minimum Gasteiger partial charge on any atom is -0.493 e. The number of ether oxygens (including phenoxy) is 3. The first-order chi connectivity index (χ1) is 14.7. The highest BCUT2D eigenvalue weighted by molar-refractivity contribution is 6.33. The molecular formula is C24H33ClN2O4. The topological polar surface area (TPSA) is 75.0 Å². The molecule has 170 valence electrons. The number of nitriles is 1. The lowest BCUT2D eigenvalue weighted by molar-refractivity contribution is -0.149. The molecule has 1 aromatic carbocycles. The van der Waals surface area contributed by atoms with Gasteiger partial charge in [0, 0.05) is 19.1 Å². The van der Waals surface area contributed by atoms with Crippen LogP contribution >= 0.6 is 11.6 Å². The van der Waals surface area contributed by atoms with E-state index in [0.717, 1.165) is 43.4 Å². The van der Waals surface area contributed by atoms with E-state index in [0.29, 0.717) is 36.1 Å². The van der Waals surface area contributed by atoms with Gasteiger partial charge in [-0.3, -0.25) is 4.90 Å². The van der Waals surface area contributed by atoms with Gasteiger partial charge in [-0.1, -0.05) is 18.0 Å². The van der Waals surface area contributed by atoms with Crippen LogP contribution in [-0.4, -0.2) is 54.6 Å². The lowest BCUT2D eigenvalue weighted by Gasteiger charge is -2.47. The second kappa shape index (κ2) is 8.44. The summed E-state index contributed by atoms with van der Waals surface area (Å²) in [4.78, 5) is 2.38. The lowest BCUT2D eigenvalue weighted by atomic mass is 9.71. The molecule has 2 heterocycles. The quantitative estimate of drug-likeness (QED) is 0.725. The highest BCUT2D eigenvalue weighted by Crippen LogP contribution is 2.48. The number of methoxy groups -OCH3 is 1. The Bertz CT molecular complexity index is 872. The summed E-state index contributed by atoms with van der Waals surface area (Å²) in [6.07, 6.45) is 3.43. The zero-order valence-electron chi connectivity index (χ0n) is 18.9. The summed E-state index contributed by atoms with van der Waals surface area (Å²) in [6.45, 7) is 7.92. The van der Waals surface area contributed by atoms with Crippen molar-refractivity contribution in [3.8, 4) is 17.6 Å². The van der Waals surface area contributed by atoms with Gasteiger partial charge in [0.1, 0.15) is 6.61 Å². The summed E-state index contributed by atoms with van der Waals surface area (Å²) in [5.41, 5.74) is 1.44. The van der Waals surface area contributed by atoms with Crippen LogP contribution in [0.4, 0.5) is 0 Å². The maximum Gasteiger partial charge on any atom is 0.180 e. The van der Waals surface area contributed by atoms with E-state index in [1.54, 1.807) is 7.11 Å². The fourth-order valence-electron chi connectivity index (χ4n) is 5.01. The number of halogens is 1. The van der Waals surface area contributed by atoms with E-state index in [1.807, 2.05) is 26.8 Å². The van der Waals surface area contributed by atoms with Crippen LogP contribution in [0.2, 0.25) is 5.02 Å². The van der Waals surface area contributed by atoms with Crippen molar-refractivity contribution in [3.63, 3.8) is 0 Å². The maximum absolute atomic E-state index is 10.8. The SMILES string of the molecule is COc1cc2c(c(Cl)c1OCC1(C#N)CCC1)CCN1C[C@@H](OC(C)(C)C)[C@H](O)C[C@H]21. The molecule has 1 saturated heterocycles. The normalized spacial score (nSPS) is 27.5. The molecule has 4 rings (SSSR count). The molecule has 0 spiro atoms. The van der Waals surface area contributed by atoms with Crippen LogP contribution in [0, 0.1) is 16.7 Å². The Hall–Kier alpha value is -1.52. The highest BCUT2D eigenvalue weighted by Gasteiger charge is 2.42. The molecule has 6 nitrogen and oxygen atoms in total. The van der Waals surface area contributed by atoms with Gasteiger partial charge in [-0.2, -0.15) is 5.26 Å². The van der Waals surface area contributed by atoms with E-state index in [4.69, 9.17) is 25.8 Å². The number of fused-ring (bicyclic) bond motifs is 3. The first-order valence-corrected chi connectivity index (χ1v) is 11.6. The zero-order valence-corrected chi connectivity index (χ0v) is 19.7. The van der Waals surface area contributed by atoms with Gasteiger partial charge in [0.15, 0.2) is 11.5 Å². The third-order valence-corrected chi connectivity index (χ3v) is 7.25. The number of nitrogens with zero attached hydrogens (tertiary/aromatic N) is 2. The molecule has 1 N–H and O–H groups in total. The van der Waals surface area contributed by atoms with Crippen LogP contribution in [0.15, 0.2) is 6.07 Å². The van der Waals surface area contributed by atoms with Crippen LogP contribution < -0.4 is 9.47 Å². The van der Waals surface area contributed by atoms with Gasteiger partial charge in [0.2, 0.25) is 0 Å². The Kier molecular flexibility index (Phi) is 6.17. The molecule has 0 amide bonds. The number of piperidine rings is 1. The lowest BCUT2D eigenvalue weighted by Crippen LogP contribution is -2.53. The smallest absolute Gasteiger partial charge is 0.180 e. The molecule has 3 aliphatic rings. The summed E-state index contributed by atoms with van der Waals surface area (Å²) in [6, 6.07) is 4.48. The number of benzene rings is 1. The standard InChI is InChI=1S/C24H33ClN2O4/c1-23(2,3)31-20-12-27-9-6-15-16(17(27)11-18(20)28)10-19(29-4)22(21(15)25)30-14-24(13-26)7-5-8-24/h10,17-18,20,28H,5-9,11-12,14H2,1-4H3/t17-,18-,20-/m1/s1. The van der Waals surface area contributed by atoms with Gasteiger partial charge < -0.3 is 19.3 Å². The average molecular weight is 449 g/mol. The van der Waals surface area contributed by atoms with Crippen LogP contribution in [0.5, 0.6) is 11.5 Å². The maximum atomic E-state index is 10.8. The van der Waals surface area contributed by atoms with Gasteiger partial charge in [-0.05, 0) is 63.6 Å². The minimum absolute atomic E-state index is 0.0658. The van der Waals surface area contributed by atoms with E-state index < -0.39 is 11.5 Å². The summed E-state index contributed by atoms with van der Waals surface area (Å²) < 4.78 is 17.8. The molecule has 0 radical (unpaired) electrons. The van der Waals surface area contributed by atoms with Gasteiger partial charge in [-0.15, -0.1) is 0 Å². The second-order valence-corrected chi connectivity index (χ2v) is 10.5. The molecule has 1 aromatic rings. The summed E-state index contributed by atoms with van der Waals surface area (Å²) in [5.74, 6) is 1.11. The van der Waals surface area contributed by atoms with Crippen molar-refractivity contribution in [2.45, 2.75) is 76.7 Å². The first kappa shape index (κ1) is 22.7. The molecule has 3 atom stereocenters. The van der Waals surface area contributed by atoms with E-state index in [1.165, 1.54) is 0 Å². The van der Waals surface area contributed by atoms with Crippen molar-refractivity contribution >= 4 is 11.6 Å². The molecule has 0 unspecified atom stereocenters. The van der Waals surface area contributed by atoms with Crippen molar-refractivity contribution < 1.29 is 19.3 Å². The largest absolute Gasteiger partial charge is 0.493 e. The number of hydrogen-bond donors (Lipinski definition) is 1. The summed E-state index contributed by atoms with van der Waals surface area (Å²) >= 11 is 6.83. The van der Waals surface area contributed by atoms with Crippen molar-refractivity contribution in [3.05, 3.63) is 22.2 Å². The Morgan fingerprint density at radius 1 is 1.35 bits per heavy atom. The van der Waals surface area contributed by atoms with Crippen LogP contribution in [0.1, 0.15) is 63.6 Å². The summed E-state index contributed by atoms with van der Waals surface area (Å²) in [7, 11) is 1.61. The number of aliphatic hydroxyl groups excluding tert-OH is 1. The van der Waals surface area contributed by atoms with E-state index in [-0.39, 0.29) is 17.7 Å². The predicted octanol–water partition coefficient (Wildman–Crippen LogP) is 4.27. The average Bonchev–Trinajstić information content (AvgIpc) is 2.68. The molecule has 1 saturated carbocycles. The van der Waals surface area contributed by atoms with E-state index >= 15 is 0 Å². The minimum atomic E-state index is -0.541. The number of rotatable bonds is 5. The molecule has 7 heteroatoms. The van der Waals surface area contributed by atoms with Crippen LogP contribution in [0.25, 0.3) is 0 Å². The number of aliphatic hydroxyl groups is 1. The third-order valence-electron chi connectivity index (χ3n) is 6.85. The van der Waals surface area contributed by atoms with E-state index in [2.05, 4.69) is 11.0 Å². The zero-order chi connectivity index (χ0) is 22.4. The summed E-state index contributed by atoms with van der Waals surface area (Å²) in [5, 5.41) is 20.9. The van der Waals surface area contributed by atoms with Crippen LogP contribution in [0.3, 0.4) is 0 Å². The monoisotopic (exact) mass is 448 g/mol. The highest BCUT2D eigenvalue weighted by atomic mass is 35.5. The fraction of sp³-hybridized carbons (Fsp3) is 0.708. The van der Waals surface area contributed by atoms with Crippen molar-refractivity contribution in [1.82, 2.24) is 4.90 Å². The Labute approximate surface area is 190 Å². The molecule has 2 fully saturated rings. The van der Waals surface area contributed by atoms with Gasteiger partial charge >= 0.3 is 0 Å². The molecule has 31 heavy (non-hydrogen) atoms. The second-order valence-electron chi connectivity index (χ2n) is 10.2. The van der Waals surface area contributed by atoms with Gasteiger partial charge in [0.25, 0.3) is 0 Å². The molecule has 0 aromatic heterocycles. The predicted molar refractivity (Wildman–Crippen MR) is 119 cm³/mol. The Balaban J connectivity index is 1.58. The molecule has 1 aliphatic carbocycles. The van der Waals surface area contributed by atoms with E-state index in [9.17, 15) is 10.4 Å². The Morgan fingerprint density at radius 3 is 2.68 bits per heavy atom. The van der Waals surface area contributed by atoms with Crippen molar-refractivity contribution in [2.75, 3.05) is 26.8 Å². The fourth-order valence-corrected chi connectivity index (χ4v) is 5.36. The van der Waals surface area contributed by atoms with Crippen LogP contribution in [-0.2, 0) is 11.2 Å². The molecule has 2 aliphatic heterocycles. The first-order valence-electron chi connectivity index (χ1n) is 11.2. The number of hydrogen-bond acceptors (Lipinski definition) is 6. The molecular weight excluding hydrogens is 416 g/mol. The van der Waals surface area contributed by atoms with Gasteiger partial charge in [-0.25, -0.2) is 0 Å². The molecule has 0 bridgehead atoms. The van der Waals surface area contributed by atoms with Crippen molar-refractivity contribution in [2.24, 2.45) is 5.41 Å². The third kappa shape index (κ3) is 4.39. The van der Waals surface area contributed by atoms with Gasteiger partial charge in [0.05, 0.1) is 41.4 Å².